The average Bonchev–Trinajstić information content (AvgIpc) is 2.84. The van der Waals surface area contributed by atoms with E-state index >= 15 is 0 Å². The fourth-order valence-electron chi connectivity index (χ4n) is 1.10. The van der Waals surface area contributed by atoms with Gasteiger partial charge in [0.25, 0.3) is 5.19 Å². The number of ether oxygens (including phenoxy) is 1. The molecule has 13 heavy (non-hydrogen) atoms. The highest BCUT2D eigenvalue weighted by atomic mass is 32.1. The molecule has 0 bridgehead atoms. The third-order valence-electron chi connectivity index (χ3n) is 2.07. The molecule has 0 aliphatic heterocycles. The highest BCUT2D eigenvalue weighted by Crippen LogP contribution is 2.32. The Hall–Kier alpha value is -0.680. The molecule has 1 aliphatic carbocycles. The Labute approximate surface area is 81.1 Å². The summed E-state index contributed by atoms with van der Waals surface area (Å²) in [5.74, 6) is 0.905. The minimum Gasteiger partial charge on any atom is -0.469 e. The molecule has 0 spiro atoms. The van der Waals surface area contributed by atoms with Gasteiger partial charge in [0.2, 0.25) is 0 Å². The third-order valence-corrected chi connectivity index (χ3v) is 2.93. The quantitative estimate of drug-likeness (QED) is 0.773. The largest absolute Gasteiger partial charge is 0.469 e. The van der Waals surface area contributed by atoms with E-state index in [4.69, 9.17) is 10.5 Å². The maximum atomic E-state index is 5.43. The van der Waals surface area contributed by atoms with Gasteiger partial charge < -0.3 is 10.5 Å². The van der Waals surface area contributed by atoms with E-state index in [1.807, 2.05) is 0 Å². The van der Waals surface area contributed by atoms with Crippen LogP contribution in [0.15, 0.2) is 0 Å². The van der Waals surface area contributed by atoms with Gasteiger partial charge in [-0.2, -0.15) is 0 Å². The van der Waals surface area contributed by atoms with Crippen LogP contribution in [-0.4, -0.2) is 16.8 Å². The normalized spacial score (nSPS) is 16.1. The summed E-state index contributed by atoms with van der Waals surface area (Å²) in [6.45, 7) is 1.22. The van der Waals surface area contributed by atoms with Gasteiger partial charge >= 0.3 is 0 Å². The van der Waals surface area contributed by atoms with Gasteiger partial charge in [0.15, 0.2) is 0 Å². The van der Waals surface area contributed by atoms with E-state index in [1.54, 1.807) is 0 Å². The van der Waals surface area contributed by atoms with Crippen molar-refractivity contribution in [3.05, 3.63) is 5.01 Å². The molecule has 0 radical (unpaired) electrons. The Morgan fingerprint density at radius 2 is 2.31 bits per heavy atom. The van der Waals surface area contributed by atoms with Crippen LogP contribution >= 0.6 is 11.3 Å². The Morgan fingerprint density at radius 1 is 1.46 bits per heavy atom. The van der Waals surface area contributed by atoms with Crippen molar-refractivity contribution in [3.63, 3.8) is 0 Å². The van der Waals surface area contributed by atoms with E-state index in [-0.39, 0.29) is 0 Å². The number of nitrogens with zero attached hydrogens (tertiary/aromatic N) is 2. The molecule has 1 aromatic rings. The second-order valence-electron chi connectivity index (χ2n) is 3.25. The molecule has 2 rings (SSSR count). The minimum absolute atomic E-state index is 0.448. The molecule has 0 aromatic carbocycles. The van der Waals surface area contributed by atoms with Gasteiger partial charge in [0.1, 0.15) is 5.01 Å². The second-order valence-corrected chi connectivity index (χ2v) is 4.27. The summed E-state index contributed by atoms with van der Waals surface area (Å²) in [7, 11) is 0. The summed E-state index contributed by atoms with van der Waals surface area (Å²) in [6.07, 6.45) is 3.89. The van der Waals surface area contributed by atoms with Crippen molar-refractivity contribution in [1.82, 2.24) is 10.2 Å². The van der Waals surface area contributed by atoms with Crippen LogP contribution in [0.3, 0.4) is 0 Å². The van der Waals surface area contributed by atoms with Gasteiger partial charge in [0, 0.05) is 6.54 Å². The lowest BCUT2D eigenvalue weighted by Gasteiger charge is -1.98. The average molecular weight is 199 g/mol. The van der Waals surface area contributed by atoms with Gasteiger partial charge in [-0.15, -0.1) is 10.2 Å². The molecule has 1 aromatic heterocycles. The zero-order valence-corrected chi connectivity index (χ0v) is 8.22. The lowest BCUT2D eigenvalue weighted by molar-refractivity contribution is 0.298. The maximum absolute atomic E-state index is 5.43. The monoisotopic (exact) mass is 199 g/mol. The molecule has 72 valence electrons. The third kappa shape index (κ3) is 2.63. The first-order valence-corrected chi connectivity index (χ1v) is 5.35. The fourth-order valence-corrected chi connectivity index (χ4v) is 1.69. The van der Waals surface area contributed by atoms with Crippen LogP contribution in [-0.2, 0) is 6.54 Å². The number of rotatable bonds is 5. The first kappa shape index (κ1) is 8.90. The molecular weight excluding hydrogens is 186 g/mol. The van der Waals surface area contributed by atoms with E-state index in [1.165, 1.54) is 24.2 Å². The van der Waals surface area contributed by atoms with Crippen LogP contribution in [0.1, 0.15) is 24.3 Å². The Kier molecular flexibility index (Phi) is 2.75. The number of aromatic nitrogens is 2. The van der Waals surface area contributed by atoms with Crippen LogP contribution in [0.4, 0.5) is 0 Å². The van der Waals surface area contributed by atoms with E-state index in [0.29, 0.717) is 11.7 Å². The summed E-state index contributed by atoms with van der Waals surface area (Å²) in [5.41, 5.74) is 5.40. The summed E-state index contributed by atoms with van der Waals surface area (Å²) in [5, 5.41) is 9.23. The topological polar surface area (TPSA) is 61.0 Å². The zero-order valence-electron chi connectivity index (χ0n) is 7.40. The van der Waals surface area contributed by atoms with E-state index in [2.05, 4.69) is 10.2 Å². The molecule has 0 unspecified atom stereocenters. The van der Waals surface area contributed by atoms with Crippen molar-refractivity contribution in [1.29, 1.82) is 0 Å². The van der Waals surface area contributed by atoms with E-state index in [0.717, 1.165) is 24.0 Å². The molecule has 0 amide bonds. The summed E-state index contributed by atoms with van der Waals surface area (Å²) >= 11 is 1.44. The van der Waals surface area contributed by atoms with Crippen molar-refractivity contribution in [2.75, 3.05) is 6.61 Å². The number of hydrogen-bond donors (Lipinski definition) is 1. The van der Waals surface area contributed by atoms with E-state index in [9.17, 15) is 0 Å². The first-order chi connectivity index (χ1) is 6.38. The molecule has 1 heterocycles. The Morgan fingerprint density at radius 3 is 2.92 bits per heavy atom. The predicted molar refractivity (Wildman–Crippen MR) is 50.6 cm³/mol. The number of nitrogens with two attached hydrogens (primary N) is 1. The molecular formula is C8H13N3OS. The van der Waals surface area contributed by atoms with Crippen molar-refractivity contribution >= 4 is 11.3 Å². The van der Waals surface area contributed by atoms with Crippen LogP contribution in [0.25, 0.3) is 0 Å². The van der Waals surface area contributed by atoms with E-state index < -0.39 is 0 Å². The highest BCUT2D eigenvalue weighted by Gasteiger charge is 2.20. The van der Waals surface area contributed by atoms with Crippen molar-refractivity contribution in [2.24, 2.45) is 11.7 Å². The summed E-state index contributed by atoms with van der Waals surface area (Å²) in [6, 6.07) is 0. The maximum Gasteiger partial charge on any atom is 0.294 e. The summed E-state index contributed by atoms with van der Waals surface area (Å²) in [4.78, 5) is 0. The standard InChI is InChI=1S/C8H13N3OS/c9-5-7-10-11-8(13-7)12-4-3-6-1-2-6/h6H,1-5,9H2. The van der Waals surface area contributed by atoms with Crippen molar-refractivity contribution in [2.45, 2.75) is 25.8 Å². The second kappa shape index (κ2) is 4.02. The Bertz CT molecular complexity index is 272. The fraction of sp³-hybridized carbons (Fsp3) is 0.750. The molecule has 4 nitrogen and oxygen atoms in total. The molecule has 1 saturated carbocycles. The van der Waals surface area contributed by atoms with Crippen LogP contribution in [0.2, 0.25) is 0 Å². The molecule has 5 heteroatoms. The molecule has 0 atom stereocenters. The highest BCUT2D eigenvalue weighted by molar-refractivity contribution is 7.13. The van der Waals surface area contributed by atoms with Gasteiger partial charge in [-0.3, -0.25) is 0 Å². The smallest absolute Gasteiger partial charge is 0.294 e. The van der Waals surface area contributed by atoms with Crippen LogP contribution in [0, 0.1) is 5.92 Å². The first-order valence-electron chi connectivity index (χ1n) is 4.53. The van der Waals surface area contributed by atoms with Crippen LogP contribution < -0.4 is 10.5 Å². The zero-order chi connectivity index (χ0) is 9.10. The molecule has 1 fully saturated rings. The van der Waals surface area contributed by atoms with Crippen LogP contribution in [0.5, 0.6) is 5.19 Å². The van der Waals surface area contributed by atoms with Crippen molar-refractivity contribution < 1.29 is 4.74 Å². The molecule has 0 saturated heterocycles. The van der Waals surface area contributed by atoms with Gasteiger partial charge in [-0.25, -0.2) is 0 Å². The number of hydrogen-bond acceptors (Lipinski definition) is 5. The predicted octanol–water partition coefficient (Wildman–Crippen LogP) is 1.18. The lowest BCUT2D eigenvalue weighted by atomic mass is 10.3. The molecule has 2 N–H and O–H groups in total. The van der Waals surface area contributed by atoms with Gasteiger partial charge in [-0.1, -0.05) is 24.2 Å². The van der Waals surface area contributed by atoms with Gasteiger partial charge in [0.05, 0.1) is 6.61 Å². The lowest BCUT2D eigenvalue weighted by Crippen LogP contribution is -1.97. The Balaban J connectivity index is 1.72. The SMILES string of the molecule is NCc1nnc(OCCC2CC2)s1. The summed E-state index contributed by atoms with van der Waals surface area (Å²) < 4.78 is 5.43. The van der Waals surface area contributed by atoms with Crippen molar-refractivity contribution in [3.8, 4) is 5.19 Å². The van der Waals surface area contributed by atoms with Gasteiger partial charge in [-0.05, 0) is 12.3 Å². The minimum atomic E-state index is 0.448. The molecule has 1 aliphatic rings.